The third-order valence-electron chi connectivity index (χ3n) is 1.20. The van der Waals surface area contributed by atoms with Crippen molar-refractivity contribution in [2.24, 2.45) is 0 Å². The van der Waals surface area contributed by atoms with E-state index in [0.717, 1.165) is 5.76 Å². The molecule has 0 saturated carbocycles. The first-order valence-electron chi connectivity index (χ1n) is 3.29. The first-order chi connectivity index (χ1) is 4.74. The van der Waals surface area contributed by atoms with Crippen molar-refractivity contribution in [3.05, 3.63) is 11.8 Å². The Balaban J connectivity index is 2.31. The van der Waals surface area contributed by atoms with Gasteiger partial charge in [-0.15, -0.1) is 0 Å². The maximum absolute atomic E-state index is 10.7. The van der Waals surface area contributed by atoms with Crippen LogP contribution in [-0.2, 0) is 14.3 Å². The summed E-state index contributed by atoms with van der Waals surface area (Å²) in [5, 5.41) is 0. The lowest BCUT2D eigenvalue weighted by atomic mass is 10.4. The van der Waals surface area contributed by atoms with E-state index in [2.05, 4.69) is 4.74 Å². The van der Waals surface area contributed by atoms with Crippen LogP contribution >= 0.6 is 0 Å². The lowest BCUT2D eigenvalue weighted by Gasteiger charge is -1.91. The van der Waals surface area contributed by atoms with Gasteiger partial charge in [0, 0.05) is 0 Å². The standard InChI is InChI=1S/C7H10O3/c1-3-9-7(8)4-6-5(2)10-6/h4-5H,3H2,1-2H3. The number of hydrogen-bond donors (Lipinski definition) is 0. The second-order valence-electron chi connectivity index (χ2n) is 2.06. The van der Waals surface area contributed by atoms with Gasteiger partial charge >= 0.3 is 5.97 Å². The molecule has 10 heavy (non-hydrogen) atoms. The van der Waals surface area contributed by atoms with E-state index in [9.17, 15) is 4.79 Å². The van der Waals surface area contributed by atoms with Crippen LogP contribution in [0.25, 0.3) is 0 Å². The first-order valence-corrected chi connectivity index (χ1v) is 3.29. The fourth-order valence-corrected chi connectivity index (χ4v) is 0.622. The summed E-state index contributed by atoms with van der Waals surface area (Å²) >= 11 is 0. The lowest BCUT2D eigenvalue weighted by Crippen LogP contribution is -1.98. The highest BCUT2D eigenvalue weighted by molar-refractivity contribution is 5.83. The Morgan fingerprint density at radius 2 is 2.50 bits per heavy atom. The van der Waals surface area contributed by atoms with Crippen molar-refractivity contribution in [2.75, 3.05) is 6.61 Å². The monoisotopic (exact) mass is 142 g/mol. The predicted molar refractivity (Wildman–Crippen MR) is 35.3 cm³/mol. The third kappa shape index (κ3) is 1.76. The normalized spacial score (nSPS) is 25.8. The van der Waals surface area contributed by atoms with Crippen LogP contribution in [0.5, 0.6) is 0 Å². The third-order valence-corrected chi connectivity index (χ3v) is 1.20. The van der Waals surface area contributed by atoms with Crippen molar-refractivity contribution in [3.63, 3.8) is 0 Å². The molecule has 3 nitrogen and oxygen atoms in total. The van der Waals surface area contributed by atoms with Gasteiger partial charge in [-0.1, -0.05) is 0 Å². The topological polar surface area (TPSA) is 38.8 Å². The van der Waals surface area contributed by atoms with Crippen LogP contribution < -0.4 is 0 Å². The van der Waals surface area contributed by atoms with Crippen molar-refractivity contribution >= 4 is 5.97 Å². The van der Waals surface area contributed by atoms with E-state index in [1.807, 2.05) is 6.92 Å². The van der Waals surface area contributed by atoms with Crippen molar-refractivity contribution in [2.45, 2.75) is 20.0 Å². The van der Waals surface area contributed by atoms with Crippen LogP contribution in [-0.4, -0.2) is 18.7 Å². The van der Waals surface area contributed by atoms with Gasteiger partial charge in [-0.25, -0.2) is 4.79 Å². The molecule has 1 saturated heterocycles. The first kappa shape index (κ1) is 7.12. The molecule has 0 aliphatic carbocycles. The van der Waals surface area contributed by atoms with E-state index in [1.54, 1.807) is 6.92 Å². The Morgan fingerprint density at radius 3 is 2.90 bits per heavy atom. The molecule has 0 amide bonds. The molecule has 0 aromatic carbocycles. The number of epoxide rings is 1. The Bertz CT molecular complexity index is 172. The number of esters is 1. The van der Waals surface area contributed by atoms with Crippen LogP contribution in [0.2, 0.25) is 0 Å². The summed E-state index contributed by atoms with van der Waals surface area (Å²) in [5.41, 5.74) is 0. The maximum Gasteiger partial charge on any atom is 0.334 e. The largest absolute Gasteiger partial charge is 0.483 e. The van der Waals surface area contributed by atoms with E-state index in [4.69, 9.17) is 4.74 Å². The zero-order valence-corrected chi connectivity index (χ0v) is 6.09. The van der Waals surface area contributed by atoms with Crippen molar-refractivity contribution < 1.29 is 14.3 Å². The number of hydrogen-bond acceptors (Lipinski definition) is 3. The molecule has 0 radical (unpaired) electrons. The van der Waals surface area contributed by atoms with Crippen LogP contribution in [0.15, 0.2) is 11.8 Å². The van der Waals surface area contributed by atoms with Gasteiger partial charge in [0.15, 0.2) is 6.10 Å². The van der Waals surface area contributed by atoms with Crippen LogP contribution in [0.4, 0.5) is 0 Å². The summed E-state index contributed by atoms with van der Waals surface area (Å²) in [6, 6.07) is 0. The van der Waals surface area contributed by atoms with Crippen molar-refractivity contribution in [1.82, 2.24) is 0 Å². The minimum absolute atomic E-state index is 0.115. The summed E-state index contributed by atoms with van der Waals surface area (Å²) in [5.74, 6) is 0.403. The number of ether oxygens (including phenoxy) is 2. The molecule has 0 bridgehead atoms. The van der Waals surface area contributed by atoms with E-state index in [-0.39, 0.29) is 12.1 Å². The molecule has 56 valence electrons. The molecule has 1 rings (SSSR count). The summed E-state index contributed by atoms with van der Waals surface area (Å²) in [7, 11) is 0. The molecule has 3 heteroatoms. The molecule has 1 unspecified atom stereocenters. The van der Waals surface area contributed by atoms with Gasteiger partial charge in [0.1, 0.15) is 5.76 Å². The molecule has 1 aliphatic rings. The van der Waals surface area contributed by atoms with Crippen LogP contribution in [0, 0.1) is 0 Å². The molecular formula is C7H10O3. The Labute approximate surface area is 59.6 Å². The minimum atomic E-state index is -0.318. The number of rotatable bonds is 2. The van der Waals surface area contributed by atoms with Gasteiger partial charge < -0.3 is 9.47 Å². The Morgan fingerprint density at radius 1 is 1.90 bits per heavy atom. The second kappa shape index (κ2) is 2.73. The van der Waals surface area contributed by atoms with Crippen molar-refractivity contribution in [3.8, 4) is 0 Å². The maximum atomic E-state index is 10.7. The quantitative estimate of drug-likeness (QED) is 0.326. The smallest absolute Gasteiger partial charge is 0.334 e. The van der Waals surface area contributed by atoms with Gasteiger partial charge in [-0.2, -0.15) is 0 Å². The highest BCUT2D eigenvalue weighted by Gasteiger charge is 2.27. The summed E-state index contributed by atoms with van der Waals surface area (Å²) in [4.78, 5) is 10.7. The average molecular weight is 142 g/mol. The van der Waals surface area contributed by atoms with Crippen molar-refractivity contribution in [1.29, 1.82) is 0 Å². The molecule has 1 atom stereocenters. The fourth-order valence-electron chi connectivity index (χ4n) is 0.622. The van der Waals surface area contributed by atoms with E-state index in [0.29, 0.717) is 6.61 Å². The van der Waals surface area contributed by atoms with E-state index < -0.39 is 0 Å². The molecule has 1 fully saturated rings. The van der Waals surface area contributed by atoms with E-state index in [1.165, 1.54) is 6.08 Å². The number of carbonyl (C=O) groups excluding carboxylic acids is 1. The molecule has 0 aromatic heterocycles. The SMILES string of the molecule is CCOC(=O)C=C1OC1C. The Kier molecular flexibility index (Phi) is 1.94. The summed E-state index contributed by atoms with van der Waals surface area (Å²) in [6.45, 7) is 4.07. The van der Waals surface area contributed by atoms with Gasteiger partial charge in [0.25, 0.3) is 0 Å². The number of carbonyl (C=O) groups is 1. The second-order valence-corrected chi connectivity index (χ2v) is 2.06. The lowest BCUT2D eigenvalue weighted by molar-refractivity contribution is -0.137. The molecular weight excluding hydrogens is 132 g/mol. The Hall–Kier alpha value is -0.990. The van der Waals surface area contributed by atoms with Gasteiger partial charge in [-0.3, -0.25) is 0 Å². The van der Waals surface area contributed by atoms with Crippen LogP contribution in [0.1, 0.15) is 13.8 Å². The molecule has 1 aliphatic heterocycles. The highest BCUT2D eigenvalue weighted by atomic mass is 16.6. The zero-order valence-electron chi connectivity index (χ0n) is 6.09. The highest BCUT2D eigenvalue weighted by Crippen LogP contribution is 2.25. The van der Waals surface area contributed by atoms with Gasteiger partial charge in [-0.05, 0) is 13.8 Å². The molecule has 0 aromatic rings. The van der Waals surface area contributed by atoms with E-state index >= 15 is 0 Å². The van der Waals surface area contributed by atoms with Gasteiger partial charge in [0.2, 0.25) is 0 Å². The molecule has 0 N–H and O–H groups in total. The minimum Gasteiger partial charge on any atom is -0.483 e. The predicted octanol–water partition coefficient (Wildman–Crippen LogP) is 0.852. The zero-order chi connectivity index (χ0) is 7.56. The average Bonchev–Trinajstić information content (AvgIpc) is 2.47. The summed E-state index contributed by atoms with van der Waals surface area (Å²) in [6.07, 6.45) is 1.50. The molecule has 1 heterocycles. The van der Waals surface area contributed by atoms with Crippen LogP contribution in [0.3, 0.4) is 0 Å². The molecule has 0 spiro atoms. The summed E-state index contributed by atoms with van der Waals surface area (Å²) < 4.78 is 9.54. The fraction of sp³-hybridized carbons (Fsp3) is 0.571. The van der Waals surface area contributed by atoms with Gasteiger partial charge in [0.05, 0.1) is 12.7 Å².